The lowest BCUT2D eigenvalue weighted by Crippen LogP contribution is -2.64. The van der Waals surface area contributed by atoms with Crippen LogP contribution in [0.25, 0.3) is 0 Å². The van der Waals surface area contributed by atoms with Crippen molar-refractivity contribution in [1.82, 2.24) is 4.90 Å². The lowest BCUT2D eigenvalue weighted by molar-refractivity contribution is 0.0764. The van der Waals surface area contributed by atoms with Crippen molar-refractivity contribution in [3.05, 3.63) is 0 Å². The summed E-state index contributed by atoms with van der Waals surface area (Å²) < 4.78 is 0. The standard InChI is InChI=1S/C12H30N4/c1-5-8-11(10(4)13)9-12(14,15)16(6-2)7-3/h10-11H,5-9,13-15H2,1-4H3. The lowest BCUT2D eigenvalue weighted by atomic mass is 9.89. The molecule has 98 valence electrons. The van der Waals surface area contributed by atoms with Gasteiger partial charge in [-0.3, -0.25) is 4.90 Å². The van der Waals surface area contributed by atoms with Gasteiger partial charge >= 0.3 is 0 Å². The molecule has 0 aliphatic rings. The molecule has 0 fully saturated rings. The van der Waals surface area contributed by atoms with Crippen molar-refractivity contribution in [3.8, 4) is 0 Å². The van der Waals surface area contributed by atoms with Crippen molar-refractivity contribution >= 4 is 0 Å². The Morgan fingerprint density at radius 1 is 1.12 bits per heavy atom. The molecule has 0 aromatic rings. The first kappa shape index (κ1) is 15.8. The molecule has 0 aliphatic carbocycles. The highest BCUT2D eigenvalue weighted by molar-refractivity contribution is 4.83. The average molecular weight is 230 g/mol. The van der Waals surface area contributed by atoms with Crippen LogP contribution in [0.1, 0.15) is 47.0 Å². The summed E-state index contributed by atoms with van der Waals surface area (Å²) in [6.45, 7) is 10.1. The van der Waals surface area contributed by atoms with Crippen LogP contribution in [-0.4, -0.2) is 29.8 Å². The molecule has 4 heteroatoms. The van der Waals surface area contributed by atoms with Crippen molar-refractivity contribution in [2.24, 2.45) is 23.1 Å². The zero-order valence-corrected chi connectivity index (χ0v) is 11.4. The Balaban J connectivity index is 4.50. The Kier molecular flexibility index (Phi) is 7.15. The molecule has 6 N–H and O–H groups in total. The monoisotopic (exact) mass is 230 g/mol. The molecule has 16 heavy (non-hydrogen) atoms. The van der Waals surface area contributed by atoms with Crippen LogP contribution < -0.4 is 17.2 Å². The van der Waals surface area contributed by atoms with Gasteiger partial charge in [0.05, 0.1) is 0 Å². The van der Waals surface area contributed by atoms with Gasteiger partial charge in [0, 0.05) is 6.04 Å². The quantitative estimate of drug-likeness (QED) is 0.544. The first-order valence-corrected chi connectivity index (χ1v) is 6.47. The second-order valence-corrected chi connectivity index (χ2v) is 4.78. The number of nitrogens with zero attached hydrogens (tertiary/aromatic N) is 1. The van der Waals surface area contributed by atoms with Crippen molar-refractivity contribution in [2.45, 2.75) is 58.8 Å². The number of nitrogens with two attached hydrogens (primary N) is 3. The summed E-state index contributed by atoms with van der Waals surface area (Å²) in [6, 6.07) is 0.155. The first-order chi connectivity index (χ1) is 7.38. The average Bonchev–Trinajstić information content (AvgIpc) is 2.18. The SMILES string of the molecule is CCCC(CC(N)(N)N(CC)CC)C(C)N. The van der Waals surface area contributed by atoms with Gasteiger partial charge in [0.1, 0.15) is 5.79 Å². The highest BCUT2D eigenvalue weighted by Gasteiger charge is 2.30. The second-order valence-electron chi connectivity index (χ2n) is 4.78. The van der Waals surface area contributed by atoms with Crippen molar-refractivity contribution in [1.29, 1.82) is 0 Å². The molecule has 0 bridgehead atoms. The maximum atomic E-state index is 6.20. The summed E-state index contributed by atoms with van der Waals surface area (Å²) >= 11 is 0. The van der Waals surface area contributed by atoms with Crippen LogP contribution in [0, 0.1) is 5.92 Å². The molecule has 2 atom stereocenters. The van der Waals surface area contributed by atoms with E-state index < -0.39 is 5.79 Å². The van der Waals surface area contributed by atoms with Crippen LogP contribution >= 0.6 is 0 Å². The molecule has 0 rings (SSSR count). The molecule has 0 radical (unpaired) electrons. The van der Waals surface area contributed by atoms with E-state index in [2.05, 4.69) is 25.7 Å². The molecule has 0 aliphatic heterocycles. The van der Waals surface area contributed by atoms with Crippen molar-refractivity contribution < 1.29 is 0 Å². The molecule has 2 unspecified atom stereocenters. The molecule has 0 aromatic heterocycles. The van der Waals surface area contributed by atoms with Gasteiger partial charge in [0.2, 0.25) is 0 Å². The number of hydrogen-bond donors (Lipinski definition) is 3. The van der Waals surface area contributed by atoms with E-state index in [0.717, 1.165) is 32.4 Å². The van der Waals surface area contributed by atoms with E-state index in [9.17, 15) is 0 Å². The van der Waals surface area contributed by atoms with E-state index >= 15 is 0 Å². The minimum Gasteiger partial charge on any atom is -0.328 e. The number of rotatable bonds is 8. The highest BCUT2D eigenvalue weighted by Crippen LogP contribution is 2.21. The first-order valence-electron chi connectivity index (χ1n) is 6.47. The van der Waals surface area contributed by atoms with Crippen molar-refractivity contribution in [3.63, 3.8) is 0 Å². The zero-order chi connectivity index (χ0) is 12.8. The summed E-state index contributed by atoms with van der Waals surface area (Å²) in [7, 11) is 0. The summed E-state index contributed by atoms with van der Waals surface area (Å²) in [5.74, 6) is -0.322. The van der Waals surface area contributed by atoms with Gasteiger partial charge in [-0.2, -0.15) is 0 Å². The van der Waals surface area contributed by atoms with Crippen LogP contribution in [-0.2, 0) is 0 Å². The largest absolute Gasteiger partial charge is 0.328 e. The maximum Gasteiger partial charge on any atom is 0.121 e. The minimum absolute atomic E-state index is 0.155. The Labute approximate surface area is 101 Å². The summed E-state index contributed by atoms with van der Waals surface area (Å²) in [5, 5.41) is 0. The Morgan fingerprint density at radius 2 is 1.62 bits per heavy atom. The van der Waals surface area contributed by atoms with Gasteiger partial charge in [-0.1, -0.05) is 27.2 Å². The molecule has 0 amide bonds. The Morgan fingerprint density at radius 3 is 1.94 bits per heavy atom. The fourth-order valence-corrected chi connectivity index (χ4v) is 2.28. The number of hydrogen-bond acceptors (Lipinski definition) is 4. The Hall–Kier alpha value is -0.160. The second kappa shape index (κ2) is 7.22. The van der Waals surface area contributed by atoms with E-state index in [1.807, 2.05) is 6.92 Å². The predicted octanol–water partition coefficient (Wildman–Crippen LogP) is 1.05. The molecule has 4 nitrogen and oxygen atoms in total. The normalized spacial score (nSPS) is 16.5. The third-order valence-corrected chi connectivity index (χ3v) is 3.34. The van der Waals surface area contributed by atoms with Crippen molar-refractivity contribution in [2.75, 3.05) is 13.1 Å². The molecule has 0 heterocycles. The van der Waals surface area contributed by atoms with Crippen LogP contribution in [0.3, 0.4) is 0 Å². The van der Waals surface area contributed by atoms with Gasteiger partial charge in [-0.05, 0) is 38.8 Å². The fraction of sp³-hybridized carbons (Fsp3) is 1.00. The molecule has 0 saturated carbocycles. The van der Waals surface area contributed by atoms with Gasteiger partial charge in [0.25, 0.3) is 0 Å². The van der Waals surface area contributed by atoms with Crippen LogP contribution in [0.2, 0.25) is 0 Å². The molecular formula is C12H30N4. The van der Waals surface area contributed by atoms with Crippen LogP contribution in [0.15, 0.2) is 0 Å². The van der Waals surface area contributed by atoms with Gasteiger partial charge < -0.3 is 17.2 Å². The summed E-state index contributed by atoms with van der Waals surface area (Å²) in [6.07, 6.45) is 2.98. The van der Waals surface area contributed by atoms with E-state index in [-0.39, 0.29) is 6.04 Å². The third kappa shape index (κ3) is 4.78. The molecule has 0 saturated heterocycles. The predicted molar refractivity (Wildman–Crippen MR) is 70.7 cm³/mol. The van der Waals surface area contributed by atoms with E-state index in [1.54, 1.807) is 0 Å². The lowest BCUT2D eigenvalue weighted by Gasteiger charge is -2.39. The smallest absolute Gasteiger partial charge is 0.121 e. The van der Waals surface area contributed by atoms with Gasteiger partial charge in [-0.15, -0.1) is 0 Å². The van der Waals surface area contributed by atoms with Crippen LogP contribution in [0.4, 0.5) is 0 Å². The summed E-state index contributed by atoms with van der Waals surface area (Å²) in [4.78, 5) is 2.10. The Bertz CT molecular complexity index is 176. The highest BCUT2D eigenvalue weighted by atomic mass is 15.3. The van der Waals surface area contributed by atoms with Gasteiger partial charge in [0.15, 0.2) is 0 Å². The van der Waals surface area contributed by atoms with E-state index in [4.69, 9.17) is 17.2 Å². The van der Waals surface area contributed by atoms with E-state index in [1.165, 1.54) is 0 Å². The summed E-state index contributed by atoms with van der Waals surface area (Å²) in [5.41, 5.74) is 18.4. The van der Waals surface area contributed by atoms with Crippen LogP contribution in [0.5, 0.6) is 0 Å². The molecule has 0 spiro atoms. The minimum atomic E-state index is -0.725. The topological polar surface area (TPSA) is 81.3 Å². The van der Waals surface area contributed by atoms with E-state index in [0.29, 0.717) is 5.92 Å². The maximum absolute atomic E-state index is 6.20. The third-order valence-electron chi connectivity index (χ3n) is 3.34. The molecular weight excluding hydrogens is 200 g/mol. The zero-order valence-electron chi connectivity index (χ0n) is 11.4. The molecule has 0 aromatic carbocycles. The fourth-order valence-electron chi connectivity index (χ4n) is 2.28. The van der Waals surface area contributed by atoms with Gasteiger partial charge in [-0.25, -0.2) is 0 Å².